The fourth-order valence-corrected chi connectivity index (χ4v) is 2.11. The van der Waals surface area contributed by atoms with Crippen LogP contribution in [0.2, 0.25) is 0 Å². The van der Waals surface area contributed by atoms with Crippen molar-refractivity contribution in [1.82, 2.24) is 4.90 Å². The Labute approximate surface area is 126 Å². The van der Waals surface area contributed by atoms with E-state index in [-0.39, 0.29) is 12.0 Å². The van der Waals surface area contributed by atoms with Gasteiger partial charge in [0.05, 0.1) is 6.61 Å². The molecule has 2 aromatic rings. The van der Waals surface area contributed by atoms with Crippen LogP contribution in [-0.4, -0.2) is 31.0 Å². The summed E-state index contributed by atoms with van der Waals surface area (Å²) < 4.78 is 6.04. The maximum atomic E-state index is 11.2. The molecule has 0 aliphatic rings. The Balaban J connectivity index is 2.09. The smallest absolute Gasteiger partial charge is 0.219 e. The largest absolute Gasteiger partial charge is 0.367 e. The number of likely N-dealkylation sites (N-methyl/N-ethyl adjacent to an activating group) is 1. The van der Waals surface area contributed by atoms with E-state index in [9.17, 15) is 4.79 Å². The molecule has 2 rings (SSSR count). The number of nitrogens with zero attached hydrogens (tertiary/aromatic N) is 1. The van der Waals surface area contributed by atoms with E-state index in [1.54, 1.807) is 18.9 Å². The summed E-state index contributed by atoms with van der Waals surface area (Å²) in [6.45, 7) is 2.65. The lowest BCUT2D eigenvalue weighted by Crippen LogP contribution is -2.28. The van der Waals surface area contributed by atoms with Crippen LogP contribution in [0.5, 0.6) is 0 Å². The summed E-state index contributed by atoms with van der Waals surface area (Å²) in [6, 6.07) is 20.3. The molecule has 0 saturated carbocycles. The van der Waals surface area contributed by atoms with Crippen LogP contribution in [0, 0.1) is 0 Å². The molecule has 110 valence electrons. The fraction of sp³-hybridized carbons (Fsp3) is 0.278. The van der Waals surface area contributed by atoms with E-state index in [2.05, 4.69) is 24.3 Å². The predicted octanol–water partition coefficient (Wildman–Crippen LogP) is 3.27. The van der Waals surface area contributed by atoms with Gasteiger partial charge in [-0.1, -0.05) is 60.7 Å². The van der Waals surface area contributed by atoms with Crippen molar-refractivity contribution in [3.8, 4) is 0 Å². The molecule has 0 aromatic heterocycles. The Bertz CT molecular complexity index is 514. The number of amides is 1. The molecule has 0 heterocycles. The van der Waals surface area contributed by atoms with Gasteiger partial charge in [-0.2, -0.15) is 0 Å². The lowest BCUT2D eigenvalue weighted by atomic mass is 10.0. The number of carbonyl (C=O) groups excluding carboxylic acids is 1. The maximum absolute atomic E-state index is 11.2. The molecule has 21 heavy (non-hydrogen) atoms. The Morgan fingerprint density at radius 3 is 1.90 bits per heavy atom. The number of rotatable bonds is 6. The van der Waals surface area contributed by atoms with Crippen molar-refractivity contribution in [2.24, 2.45) is 0 Å². The van der Waals surface area contributed by atoms with E-state index in [1.807, 2.05) is 36.4 Å². The van der Waals surface area contributed by atoms with Crippen LogP contribution in [0.25, 0.3) is 0 Å². The topological polar surface area (TPSA) is 29.5 Å². The molecule has 0 fully saturated rings. The number of hydrogen-bond acceptors (Lipinski definition) is 2. The Morgan fingerprint density at radius 1 is 1.00 bits per heavy atom. The van der Waals surface area contributed by atoms with Gasteiger partial charge >= 0.3 is 0 Å². The monoisotopic (exact) mass is 283 g/mol. The highest BCUT2D eigenvalue weighted by atomic mass is 16.5. The van der Waals surface area contributed by atoms with Crippen molar-refractivity contribution >= 4 is 5.91 Å². The van der Waals surface area contributed by atoms with Crippen LogP contribution in [0.1, 0.15) is 24.2 Å². The summed E-state index contributed by atoms with van der Waals surface area (Å²) in [5, 5.41) is 0. The van der Waals surface area contributed by atoms with Gasteiger partial charge in [0.25, 0.3) is 0 Å². The molecule has 0 unspecified atom stereocenters. The molecule has 0 atom stereocenters. The van der Waals surface area contributed by atoms with Gasteiger partial charge in [-0.05, 0) is 11.1 Å². The van der Waals surface area contributed by atoms with Gasteiger partial charge in [0.15, 0.2) is 0 Å². The van der Waals surface area contributed by atoms with E-state index in [0.29, 0.717) is 13.2 Å². The number of hydrogen-bond donors (Lipinski definition) is 0. The highest BCUT2D eigenvalue weighted by Gasteiger charge is 2.14. The van der Waals surface area contributed by atoms with Crippen LogP contribution in [0.3, 0.4) is 0 Å². The molecular formula is C18H21NO2. The van der Waals surface area contributed by atoms with E-state index in [1.165, 1.54) is 0 Å². The van der Waals surface area contributed by atoms with Crippen molar-refractivity contribution in [3.63, 3.8) is 0 Å². The number of carbonyl (C=O) groups is 1. The van der Waals surface area contributed by atoms with Crippen molar-refractivity contribution in [2.75, 3.05) is 20.2 Å². The minimum Gasteiger partial charge on any atom is -0.367 e. The van der Waals surface area contributed by atoms with E-state index in [4.69, 9.17) is 4.74 Å². The zero-order chi connectivity index (χ0) is 15.1. The van der Waals surface area contributed by atoms with Crippen LogP contribution in [0.15, 0.2) is 60.7 Å². The Hall–Kier alpha value is -2.13. The SMILES string of the molecule is CC(=O)N(C)CCOC(c1ccccc1)c1ccccc1. The first-order valence-electron chi connectivity index (χ1n) is 7.11. The highest BCUT2D eigenvalue weighted by molar-refractivity contribution is 5.72. The molecule has 0 bridgehead atoms. The molecular weight excluding hydrogens is 262 g/mol. The predicted molar refractivity (Wildman–Crippen MR) is 84.0 cm³/mol. The zero-order valence-electron chi connectivity index (χ0n) is 12.5. The number of benzene rings is 2. The fourth-order valence-electron chi connectivity index (χ4n) is 2.11. The van der Waals surface area contributed by atoms with Gasteiger partial charge < -0.3 is 9.64 Å². The van der Waals surface area contributed by atoms with E-state index >= 15 is 0 Å². The quantitative estimate of drug-likeness (QED) is 0.814. The second-order valence-electron chi connectivity index (χ2n) is 5.01. The highest BCUT2D eigenvalue weighted by Crippen LogP contribution is 2.25. The Kier molecular flexibility index (Phi) is 5.52. The minimum absolute atomic E-state index is 0.0505. The average Bonchev–Trinajstić information content (AvgIpc) is 2.53. The molecule has 2 aromatic carbocycles. The Morgan fingerprint density at radius 2 is 1.48 bits per heavy atom. The summed E-state index contributed by atoms with van der Waals surface area (Å²) in [5.74, 6) is 0.0505. The van der Waals surface area contributed by atoms with Crippen LogP contribution in [-0.2, 0) is 9.53 Å². The molecule has 3 heteroatoms. The van der Waals surface area contributed by atoms with Crippen molar-refractivity contribution in [3.05, 3.63) is 71.8 Å². The zero-order valence-corrected chi connectivity index (χ0v) is 12.5. The summed E-state index contributed by atoms with van der Waals surface area (Å²) in [4.78, 5) is 12.9. The lowest BCUT2D eigenvalue weighted by molar-refractivity contribution is -0.128. The standard InChI is InChI=1S/C18H21NO2/c1-15(20)19(2)13-14-21-18(16-9-5-3-6-10-16)17-11-7-4-8-12-17/h3-12,18H,13-14H2,1-2H3. The summed E-state index contributed by atoms with van der Waals surface area (Å²) in [7, 11) is 1.78. The average molecular weight is 283 g/mol. The third kappa shape index (κ3) is 4.43. The molecule has 1 amide bonds. The molecule has 0 N–H and O–H groups in total. The molecule has 0 saturated heterocycles. The first-order valence-corrected chi connectivity index (χ1v) is 7.11. The van der Waals surface area contributed by atoms with E-state index in [0.717, 1.165) is 11.1 Å². The lowest BCUT2D eigenvalue weighted by Gasteiger charge is -2.21. The first kappa shape index (κ1) is 15.3. The molecule has 3 nitrogen and oxygen atoms in total. The number of ether oxygens (including phenoxy) is 1. The van der Waals surface area contributed by atoms with Crippen molar-refractivity contribution in [2.45, 2.75) is 13.0 Å². The molecule has 0 aliphatic carbocycles. The van der Waals surface area contributed by atoms with Crippen LogP contribution >= 0.6 is 0 Å². The van der Waals surface area contributed by atoms with Gasteiger partial charge in [0, 0.05) is 20.5 Å². The van der Waals surface area contributed by atoms with Gasteiger partial charge in [-0.3, -0.25) is 4.79 Å². The maximum Gasteiger partial charge on any atom is 0.219 e. The minimum atomic E-state index is -0.104. The van der Waals surface area contributed by atoms with Crippen molar-refractivity contribution < 1.29 is 9.53 Å². The summed E-state index contributed by atoms with van der Waals surface area (Å²) in [5.41, 5.74) is 2.24. The first-order chi connectivity index (χ1) is 10.2. The summed E-state index contributed by atoms with van der Waals surface area (Å²) in [6.07, 6.45) is -0.104. The van der Waals surface area contributed by atoms with Gasteiger partial charge in [-0.25, -0.2) is 0 Å². The van der Waals surface area contributed by atoms with E-state index < -0.39 is 0 Å². The van der Waals surface area contributed by atoms with Gasteiger partial charge in [0.2, 0.25) is 5.91 Å². The second-order valence-corrected chi connectivity index (χ2v) is 5.01. The normalized spacial score (nSPS) is 10.6. The van der Waals surface area contributed by atoms with Crippen molar-refractivity contribution in [1.29, 1.82) is 0 Å². The third-order valence-corrected chi connectivity index (χ3v) is 3.45. The van der Waals surface area contributed by atoms with Crippen LogP contribution in [0.4, 0.5) is 0 Å². The second kappa shape index (κ2) is 7.60. The molecule has 0 radical (unpaired) electrons. The molecule has 0 aliphatic heterocycles. The third-order valence-electron chi connectivity index (χ3n) is 3.45. The van der Waals surface area contributed by atoms with Gasteiger partial charge in [0.1, 0.15) is 6.10 Å². The summed E-state index contributed by atoms with van der Waals surface area (Å²) >= 11 is 0. The molecule has 0 spiro atoms. The van der Waals surface area contributed by atoms with Gasteiger partial charge in [-0.15, -0.1) is 0 Å². The van der Waals surface area contributed by atoms with Crippen LogP contribution < -0.4 is 0 Å².